The van der Waals surface area contributed by atoms with E-state index in [0.717, 1.165) is 0 Å². The topological polar surface area (TPSA) is 119 Å². The molecule has 1 aromatic carbocycles. The van der Waals surface area contributed by atoms with Crippen LogP contribution in [0.5, 0.6) is 5.75 Å². The summed E-state index contributed by atoms with van der Waals surface area (Å²) < 4.78 is 33.1. The van der Waals surface area contributed by atoms with E-state index in [1.54, 1.807) is 20.8 Å². The minimum Gasteiger partial charge on any atom is -0.495 e. The molecular formula is C13H19N2O5S. The Morgan fingerprint density at radius 2 is 1.90 bits per heavy atom. The normalized spacial score (nSPS) is 12.0. The van der Waals surface area contributed by atoms with Crippen molar-refractivity contribution in [2.24, 2.45) is 0 Å². The Kier molecular flexibility index (Phi) is 4.85. The first-order chi connectivity index (χ1) is 9.45. The molecular weight excluding hydrogens is 296 g/mol. The van der Waals surface area contributed by atoms with Crippen LogP contribution in [0.4, 0.5) is 5.69 Å². The van der Waals surface area contributed by atoms with Crippen LogP contribution < -0.4 is 15.6 Å². The highest BCUT2D eigenvalue weighted by Crippen LogP contribution is 2.31. The summed E-state index contributed by atoms with van der Waals surface area (Å²) >= 11 is 0. The van der Waals surface area contributed by atoms with Crippen LogP contribution in [0.2, 0.25) is 0 Å². The lowest BCUT2D eigenvalue weighted by atomic mass is 10.1. The average Bonchev–Trinajstić information content (AvgIpc) is 2.27. The quantitative estimate of drug-likeness (QED) is 0.657. The Morgan fingerprint density at radius 1 is 1.33 bits per heavy atom. The smallest absolute Gasteiger partial charge is 0.310 e. The van der Waals surface area contributed by atoms with E-state index in [2.05, 4.69) is 0 Å². The number of methoxy groups -OCH3 is 1. The highest BCUT2D eigenvalue weighted by atomic mass is 32.2. The van der Waals surface area contributed by atoms with Gasteiger partial charge in [-0.1, -0.05) is 0 Å². The molecule has 0 bridgehead atoms. The van der Waals surface area contributed by atoms with Crippen molar-refractivity contribution in [3.63, 3.8) is 0 Å². The van der Waals surface area contributed by atoms with Gasteiger partial charge in [0.2, 0.25) is 0 Å². The molecule has 0 atom stereocenters. The molecule has 0 aliphatic rings. The summed E-state index contributed by atoms with van der Waals surface area (Å²) in [6, 6.07) is 2.53. The van der Waals surface area contributed by atoms with Crippen LogP contribution in [-0.2, 0) is 26.0 Å². The molecule has 0 aromatic heterocycles. The van der Waals surface area contributed by atoms with Gasteiger partial charge in [-0.15, -0.1) is 5.14 Å². The number of nitrogen functional groups attached to an aromatic ring is 1. The van der Waals surface area contributed by atoms with Crippen molar-refractivity contribution in [2.75, 3.05) is 12.8 Å². The van der Waals surface area contributed by atoms with Crippen LogP contribution in [0, 0.1) is 0 Å². The van der Waals surface area contributed by atoms with E-state index in [0.29, 0.717) is 0 Å². The summed E-state index contributed by atoms with van der Waals surface area (Å²) in [4.78, 5) is 11.6. The van der Waals surface area contributed by atoms with E-state index in [1.165, 1.54) is 19.2 Å². The van der Waals surface area contributed by atoms with Crippen molar-refractivity contribution in [1.82, 2.24) is 5.14 Å². The zero-order valence-corrected chi connectivity index (χ0v) is 13.2. The first-order valence-electron chi connectivity index (χ1n) is 6.12. The summed E-state index contributed by atoms with van der Waals surface area (Å²) in [5.74, 6) is -0.395. The van der Waals surface area contributed by atoms with E-state index >= 15 is 0 Å². The van der Waals surface area contributed by atoms with Crippen molar-refractivity contribution in [2.45, 2.75) is 37.7 Å². The van der Waals surface area contributed by atoms with Crippen molar-refractivity contribution < 1.29 is 22.7 Å². The zero-order valence-electron chi connectivity index (χ0n) is 12.4. The molecule has 7 nitrogen and oxygen atoms in total. The molecule has 1 aromatic rings. The van der Waals surface area contributed by atoms with Crippen molar-refractivity contribution in [3.8, 4) is 5.75 Å². The molecule has 0 saturated heterocycles. The average molecular weight is 315 g/mol. The van der Waals surface area contributed by atoms with Crippen LogP contribution in [0.1, 0.15) is 26.3 Å². The summed E-state index contributed by atoms with van der Waals surface area (Å²) in [5.41, 5.74) is 5.14. The molecule has 21 heavy (non-hydrogen) atoms. The Morgan fingerprint density at radius 3 is 2.33 bits per heavy atom. The third-order valence-electron chi connectivity index (χ3n) is 2.52. The van der Waals surface area contributed by atoms with Crippen molar-refractivity contribution in [3.05, 3.63) is 17.7 Å². The second kappa shape index (κ2) is 5.90. The predicted molar refractivity (Wildman–Crippen MR) is 77.2 cm³/mol. The fourth-order valence-corrected chi connectivity index (χ4v) is 2.51. The molecule has 0 amide bonds. The van der Waals surface area contributed by atoms with Gasteiger partial charge in [-0.3, -0.25) is 4.79 Å². The molecule has 1 rings (SSSR count). The lowest BCUT2D eigenvalue weighted by Crippen LogP contribution is -2.25. The van der Waals surface area contributed by atoms with Gasteiger partial charge in [-0.25, -0.2) is 8.42 Å². The van der Waals surface area contributed by atoms with Gasteiger partial charge in [-0.2, -0.15) is 0 Å². The Labute approximate surface area is 124 Å². The number of rotatable bonds is 4. The maximum absolute atomic E-state index is 11.9. The third-order valence-corrected chi connectivity index (χ3v) is 3.49. The monoisotopic (exact) mass is 315 g/mol. The Hall–Kier alpha value is -1.80. The summed E-state index contributed by atoms with van der Waals surface area (Å²) in [6.45, 7) is 5.09. The van der Waals surface area contributed by atoms with E-state index in [-0.39, 0.29) is 28.3 Å². The predicted octanol–water partition coefficient (Wildman–Crippen LogP) is 1.13. The number of nitrogens with one attached hydrogen (secondary N) is 1. The van der Waals surface area contributed by atoms with Crippen molar-refractivity contribution >= 4 is 21.7 Å². The second-order valence-corrected chi connectivity index (χ2v) is 6.87. The molecule has 0 fully saturated rings. The summed E-state index contributed by atoms with van der Waals surface area (Å²) in [5, 5.41) is 7.19. The van der Waals surface area contributed by atoms with E-state index in [1.807, 2.05) is 0 Å². The van der Waals surface area contributed by atoms with Crippen molar-refractivity contribution in [1.29, 1.82) is 0 Å². The van der Waals surface area contributed by atoms with E-state index in [9.17, 15) is 13.2 Å². The SMILES string of the molecule is COc1ccc(S([NH])(=O)=O)c(CC(=O)OC(C)(C)C)c1N. The van der Waals surface area contributed by atoms with Gasteiger partial charge in [0.15, 0.2) is 0 Å². The number of nitrogens with two attached hydrogens (primary N) is 1. The van der Waals surface area contributed by atoms with Gasteiger partial charge < -0.3 is 15.2 Å². The number of anilines is 1. The number of benzene rings is 1. The molecule has 0 aliphatic heterocycles. The largest absolute Gasteiger partial charge is 0.495 e. The first kappa shape index (κ1) is 17.3. The number of hydrogen-bond acceptors (Lipinski definition) is 6. The fraction of sp³-hybridized carbons (Fsp3) is 0.462. The lowest BCUT2D eigenvalue weighted by molar-refractivity contribution is -0.153. The van der Waals surface area contributed by atoms with Crippen LogP contribution in [0.15, 0.2) is 17.0 Å². The molecule has 1 radical (unpaired) electrons. The zero-order chi connectivity index (χ0) is 16.4. The molecule has 0 heterocycles. The van der Waals surface area contributed by atoms with Crippen LogP contribution in [-0.4, -0.2) is 27.1 Å². The Bertz CT molecular complexity index is 647. The maximum Gasteiger partial charge on any atom is 0.310 e. The maximum atomic E-state index is 11.9. The molecule has 0 unspecified atom stereocenters. The number of sulfonamides is 1. The molecule has 0 spiro atoms. The van der Waals surface area contributed by atoms with Gasteiger partial charge in [0.1, 0.15) is 11.4 Å². The van der Waals surface area contributed by atoms with Gasteiger partial charge in [0.05, 0.1) is 24.1 Å². The second-order valence-electron chi connectivity index (χ2n) is 5.42. The molecule has 8 heteroatoms. The molecule has 3 N–H and O–H groups in total. The Balaban J connectivity index is 3.29. The van der Waals surface area contributed by atoms with E-state index in [4.69, 9.17) is 20.3 Å². The first-order valence-corrected chi connectivity index (χ1v) is 7.61. The lowest BCUT2D eigenvalue weighted by Gasteiger charge is -2.20. The molecule has 117 valence electrons. The van der Waals surface area contributed by atoms with Gasteiger partial charge in [0, 0.05) is 5.56 Å². The third kappa shape index (κ3) is 4.61. The number of ether oxygens (including phenoxy) is 2. The van der Waals surface area contributed by atoms with E-state index < -0.39 is 21.6 Å². The minimum absolute atomic E-state index is 0.0108. The summed E-state index contributed by atoms with van der Waals surface area (Å²) in [7, 11) is -2.89. The molecule has 0 saturated carbocycles. The number of carbonyl (C=O) groups excluding carboxylic acids is 1. The van der Waals surface area contributed by atoms with Gasteiger partial charge in [0.25, 0.3) is 10.0 Å². The fourth-order valence-electron chi connectivity index (χ4n) is 1.76. The number of carbonyl (C=O) groups is 1. The highest BCUT2D eigenvalue weighted by molar-refractivity contribution is 7.88. The summed E-state index contributed by atoms with van der Waals surface area (Å²) in [6.07, 6.45) is -0.353. The van der Waals surface area contributed by atoms with Gasteiger partial charge in [-0.05, 0) is 32.9 Å². The van der Waals surface area contributed by atoms with Crippen LogP contribution in [0.3, 0.4) is 0 Å². The van der Waals surface area contributed by atoms with Crippen LogP contribution in [0.25, 0.3) is 0 Å². The number of esters is 1. The highest BCUT2D eigenvalue weighted by Gasteiger charge is 2.24. The van der Waals surface area contributed by atoms with Crippen LogP contribution >= 0.6 is 0 Å². The van der Waals surface area contributed by atoms with Gasteiger partial charge >= 0.3 is 5.97 Å². The minimum atomic E-state index is -4.26. The standard InChI is InChI=1S/C13H19N2O5S/c1-13(2,3)20-11(16)7-8-10(21(15,17)18)6-5-9(19-4)12(8)14/h5-6,15H,7,14H2,1-4H3. The molecule has 0 aliphatic carbocycles. The number of hydrogen-bond donors (Lipinski definition) is 1.